The van der Waals surface area contributed by atoms with Crippen molar-refractivity contribution in [3.63, 3.8) is 0 Å². The molecule has 1 fully saturated rings. The lowest BCUT2D eigenvalue weighted by Gasteiger charge is -2.40. The predicted octanol–water partition coefficient (Wildman–Crippen LogP) is 8.78. The molecule has 0 aliphatic carbocycles. The lowest BCUT2D eigenvalue weighted by Crippen LogP contribution is -2.48. The highest BCUT2D eigenvalue weighted by atomic mass is 28.4. The summed E-state index contributed by atoms with van der Waals surface area (Å²) in [6.45, 7) is 23.6. The average molecular weight is 677 g/mol. The molecule has 2 aromatic carbocycles. The first kappa shape index (κ1) is 35.2. The molecule has 11 heteroatoms. The van der Waals surface area contributed by atoms with Gasteiger partial charge in [-0.25, -0.2) is 9.97 Å². The minimum Gasteiger partial charge on any atom is -0.497 e. The Morgan fingerprint density at radius 1 is 0.872 bits per heavy atom. The number of ether oxygens (including phenoxy) is 3. The number of rotatable bonds is 11. The quantitative estimate of drug-likeness (QED) is 0.146. The van der Waals surface area contributed by atoms with E-state index >= 15 is 0 Å². The minimum absolute atomic E-state index is 0.0586. The molecule has 3 heterocycles. The fourth-order valence-electron chi connectivity index (χ4n) is 5.00. The normalized spacial score (nSPS) is 19.3. The lowest BCUT2D eigenvalue weighted by atomic mass is 10.2. The second-order valence-electron chi connectivity index (χ2n) is 15.5. The Hall–Kier alpha value is -3.10. The van der Waals surface area contributed by atoms with Gasteiger partial charge in [0.25, 0.3) is 0 Å². The second-order valence-corrected chi connectivity index (χ2v) is 25.1. The lowest BCUT2D eigenvalue weighted by molar-refractivity contribution is -0.0383. The molecule has 0 saturated carbocycles. The van der Waals surface area contributed by atoms with E-state index in [0.717, 1.165) is 16.9 Å². The molecule has 4 aromatic rings. The third kappa shape index (κ3) is 7.80. The first-order valence-electron chi connectivity index (χ1n) is 16.5. The summed E-state index contributed by atoms with van der Waals surface area (Å²) in [6.07, 6.45) is 1.75. The van der Waals surface area contributed by atoms with E-state index in [0.29, 0.717) is 42.5 Å². The molecule has 1 saturated heterocycles. The number of fused-ring (bicyclic) bond motifs is 1. The highest BCUT2D eigenvalue weighted by molar-refractivity contribution is 6.74. The van der Waals surface area contributed by atoms with E-state index in [2.05, 4.69) is 67.7 Å². The van der Waals surface area contributed by atoms with E-state index in [9.17, 15) is 0 Å². The van der Waals surface area contributed by atoms with E-state index < -0.39 is 16.6 Å². The molecule has 0 N–H and O–H groups in total. The van der Waals surface area contributed by atoms with E-state index in [-0.39, 0.29) is 28.5 Å². The van der Waals surface area contributed by atoms with Crippen molar-refractivity contribution in [3.8, 4) is 23.0 Å². The predicted molar refractivity (Wildman–Crippen MR) is 192 cm³/mol. The van der Waals surface area contributed by atoms with Crippen LogP contribution in [0.15, 0.2) is 60.9 Å². The highest BCUT2D eigenvalue weighted by Gasteiger charge is 2.47. The van der Waals surface area contributed by atoms with Crippen LogP contribution in [0, 0.1) is 0 Å². The van der Waals surface area contributed by atoms with Crippen molar-refractivity contribution in [2.45, 2.75) is 109 Å². The van der Waals surface area contributed by atoms with Gasteiger partial charge in [-0.05, 0) is 66.1 Å². The summed E-state index contributed by atoms with van der Waals surface area (Å²) in [5.74, 6) is 1.72. The fraction of sp³-hybridized carbons (Fsp3) is 0.528. The fourth-order valence-corrected chi connectivity index (χ4v) is 7.38. The second kappa shape index (κ2) is 13.4. The molecular weight excluding hydrogens is 625 g/mol. The van der Waals surface area contributed by atoms with Gasteiger partial charge in [-0.15, -0.1) is 0 Å². The molecular formula is C36H52N4O5Si2. The summed E-state index contributed by atoms with van der Waals surface area (Å²) in [4.78, 5) is 14.7. The Bertz CT molecular complexity index is 1650. The van der Waals surface area contributed by atoms with Gasteiger partial charge < -0.3 is 23.1 Å². The van der Waals surface area contributed by atoms with Gasteiger partial charge in [-0.2, -0.15) is 4.98 Å². The number of benzene rings is 2. The summed E-state index contributed by atoms with van der Waals surface area (Å²) in [5.41, 5.74) is 3.12. The highest BCUT2D eigenvalue weighted by Crippen LogP contribution is 2.43. The topological polar surface area (TPSA) is 89.8 Å². The Morgan fingerprint density at radius 3 is 2.15 bits per heavy atom. The zero-order chi connectivity index (χ0) is 34.2. The zero-order valence-electron chi connectivity index (χ0n) is 30.0. The van der Waals surface area contributed by atoms with Crippen molar-refractivity contribution in [1.29, 1.82) is 0 Å². The van der Waals surface area contributed by atoms with Gasteiger partial charge in [0.05, 0.1) is 26.1 Å². The van der Waals surface area contributed by atoms with Crippen LogP contribution in [0.5, 0.6) is 11.6 Å². The molecule has 2 aromatic heterocycles. The van der Waals surface area contributed by atoms with Crippen LogP contribution < -0.4 is 9.47 Å². The van der Waals surface area contributed by atoms with E-state index in [1.54, 1.807) is 13.4 Å². The van der Waals surface area contributed by atoms with E-state index in [1.807, 2.05) is 59.2 Å². The van der Waals surface area contributed by atoms with Gasteiger partial charge in [0.15, 0.2) is 33.6 Å². The maximum Gasteiger partial charge on any atom is 0.246 e. The minimum atomic E-state index is -2.11. The van der Waals surface area contributed by atoms with Crippen LogP contribution >= 0.6 is 0 Å². The molecule has 0 unspecified atom stereocenters. The molecule has 0 amide bonds. The number of hydrogen-bond acceptors (Lipinski definition) is 8. The zero-order valence-corrected chi connectivity index (χ0v) is 32.0. The third-order valence-electron chi connectivity index (χ3n) is 10.1. The molecule has 9 nitrogen and oxygen atoms in total. The molecule has 0 radical (unpaired) electrons. The van der Waals surface area contributed by atoms with E-state index in [4.69, 9.17) is 38.0 Å². The first-order chi connectivity index (χ1) is 22.0. The van der Waals surface area contributed by atoms with Crippen molar-refractivity contribution in [3.05, 3.63) is 66.5 Å². The van der Waals surface area contributed by atoms with Crippen molar-refractivity contribution < 1.29 is 23.1 Å². The van der Waals surface area contributed by atoms with Crippen molar-refractivity contribution >= 4 is 27.8 Å². The molecule has 0 bridgehead atoms. The summed E-state index contributed by atoms with van der Waals surface area (Å²) < 4.78 is 34.3. The molecule has 0 spiro atoms. The van der Waals surface area contributed by atoms with Crippen LogP contribution in [-0.4, -0.2) is 62.1 Å². The van der Waals surface area contributed by atoms with Crippen LogP contribution in [-0.2, 0) is 20.2 Å². The third-order valence-corrected chi connectivity index (χ3v) is 19.1. The van der Waals surface area contributed by atoms with Gasteiger partial charge in [0.2, 0.25) is 5.88 Å². The van der Waals surface area contributed by atoms with Gasteiger partial charge >= 0.3 is 0 Å². The van der Waals surface area contributed by atoms with Gasteiger partial charge in [-0.1, -0.05) is 71.9 Å². The van der Waals surface area contributed by atoms with Crippen LogP contribution in [0.1, 0.15) is 59.8 Å². The number of aromatic nitrogens is 4. The molecule has 254 valence electrons. The van der Waals surface area contributed by atoms with Crippen molar-refractivity contribution in [1.82, 2.24) is 19.5 Å². The largest absolute Gasteiger partial charge is 0.497 e. The summed E-state index contributed by atoms with van der Waals surface area (Å²) in [5, 5.41) is 0.148. The monoisotopic (exact) mass is 676 g/mol. The van der Waals surface area contributed by atoms with Gasteiger partial charge in [0, 0.05) is 12.0 Å². The Labute approximate surface area is 282 Å². The van der Waals surface area contributed by atoms with Gasteiger partial charge in [0.1, 0.15) is 24.7 Å². The first-order valence-corrected chi connectivity index (χ1v) is 22.3. The molecule has 3 atom stereocenters. The average Bonchev–Trinajstić information content (AvgIpc) is 3.62. The smallest absolute Gasteiger partial charge is 0.246 e. The number of imidazole rings is 1. The molecule has 1 aliphatic heterocycles. The maximum absolute atomic E-state index is 7.04. The maximum atomic E-state index is 7.04. The molecule has 47 heavy (non-hydrogen) atoms. The Morgan fingerprint density at radius 2 is 1.53 bits per heavy atom. The van der Waals surface area contributed by atoms with Crippen molar-refractivity contribution in [2.75, 3.05) is 13.7 Å². The number of nitrogens with zero attached hydrogens (tertiary/aromatic N) is 4. The van der Waals surface area contributed by atoms with Crippen LogP contribution in [0.25, 0.3) is 22.6 Å². The molecule has 5 rings (SSSR count). The number of methoxy groups -OCH3 is 1. The molecule has 1 aliphatic rings. The Kier molecular flexibility index (Phi) is 10.1. The number of hydrogen-bond donors (Lipinski definition) is 0. The van der Waals surface area contributed by atoms with Crippen molar-refractivity contribution in [2.24, 2.45) is 0 Å². The Balaban J connectivity index is 1.51. The van der Waals surface area contributed by atoms with Crippen LogP contribution in [0.2, 0.25) is 36.3 Å². The summed E-state index contributed by atoms with van der Waals surface area (Å²) >= 11 is 0. The van der Waals surface area contributed by atoms with Gasteiger partial charge in [-0.3, -0.25) is 4.57 Å². The summed E-state index contributed by atoms with van der Waals surface area (Å²) in [7, 11) is -2.47. The standard InChI is InChI=1S/C36H52N4O5Si2/c1-35(2,3)46(8,9)43-23-29-28(45-47(10,11)36(4,5)6)21-30(44-29)40-24-37-31-33(40)38-32(26-17-19-27(41-7)20-18-26)39-34(31)42-22-25-15-13-12-14-16-25/h12-20,24,28-30H,21-23H2,1-11H3/t28-,29+,30+/m0/s1. The van der Waals surface area contributed by atoms with Crippen LogP contribution in [0.3, 0.4) is 0 Å². The SMILES string of the molecule is COc1ccc(-c2nc(OCc3ccccc3)c3ncn([C@H]4C[C@H](O[Si](C)(C)C(C)(C)C)[C@@H](CO[Si](C)(C)C(C)(C)C)O4)c3n2)cc1. The van der Waals surface area contributed by atoms with E-state index in [1.165, 1.54) is 0 Å². The summed E-state index contributed by atoms with van der Waals surface area (Å²) in [6, 6.07) is 17.7. The van der Waals surface area contributed by atoms with Crippen LogP contribution in [0.4, 0.5) is 0 Å².